The van der Waals surface area contributed by atoms with Gasteiger partial charge in [0.1, 0.15) is 19.3 Å². The lowest BCUT2D eigenvalue weighted by atomic mass is 10.0. The van der Waals surface area contributed by atoms with E-state index in [0.717, 1.165) is 83.5 Å². The summed E-state index contributed by atoms with van der Waals surface area (Å²) in [5.74, 6) is -0.348. The van der Waals surface area contributed by atoms with Crippen LogP contribution >= 0.6 is 0 Å². The van der Waals surface area contributed by atoms with E-state index in [2.05, 4.69) is 81.5 Å². The Bertz CT molecular complexity index is 1200. The second-order valence-electron chi connectivity index (χ2n) is 20.6. The minimum Gasteiger partial charge on any atom is -0.463 e. The zero-order valence-electron chi connectivity index (χ0n) is 47.0. The zero-order valence-corrected chi connectivity index (χ0v) is 47.0. The number of carbonyl (C=O) groups is 2. The number of carbonyl (C=O) groups excluding carboxylic acids is 2. The number of hydrogen-bond donors (Lipinski definition) is 0. The molecule has 0 saturated heterocycles. The fourth-order valence-electron chi connectivity index (χ4n) is 8.94. The van der Waals surface area contributed by atoms with Crippen molar-refractivity contribution < 1.29 is 23.8 Å². The number of hydrogen-bond acceptors (Lipinski definition) is 5. The average molecular weight is 980 g/mol. The highest BCUT2D eigenvalue weighted by molar-refractivity contribution is 5.69. The van der Waals surface area contributed by atoms with Gasteiger partial charge >= 0.3 is 11.9 Å². The van der Waals surface area contributed by atoms with Crippen molar-refractivity contribution in [3.63, 3.8) is 0 Å². The van der Waals surface area contributed by atoms with E-state index in [1.54, 1.807) is 0 Å². The largest absolute Gasteiger partial charge is 0.463 e. The molecule has 0 fully saturated rings. The second-order valence-corrected chi connectivity index (χ2v) is 20.6. The van der Waals surface area contributed by atoms with Crippen LogP contribution in [0.3, 0.4) is 0 Å². The molecule has 0 saturated carbocycles. The number of allylic oxidation sites excluding steroid dienone is 10. The minimum absolute atomic E-state index is 0.146. The smallest absolute Gasteiger partial charge is 0.305 e. The zero-order chi connectivity index (χ0) is 50.6. The Labute approximate surface area is 436 Å². The van der Waals surface area contributed by atoms with Gasteiger partial charge in [-0.2, -0.15) is 0 Å². The van der Waals surface area contributed by atoms with Gasteiger partial charge in [0.15, 0.2) is 0 Å². The third-order valence-corrected chi connectivity index (χ3v) is 13.6. The van der Waals surface area contributed by atoms with Gasteiger partial charge in [0.05, 0.1) is 0 Å². The summed E-state index contributed by atoms with van der Waals surface area (Å²) < 4.78 is 17.5. The lowest BCUT2D eigenvalue weighted by Crippen LogP contribution is -2.29. The molecule has 0 amide bonds. The molecular formula is C65H118O5. The molecule has 0 aliphatic heterocycles. The molecule has 0 aliphatic carbocycles. The van der Waals surface area contributed by atoms with Crippen molar-refractivity contribution in [2.24, 2.45) is 0 Å². The third-order valence-electron chi connectivity index (χ3n) is 13.6. The van der Waals surface area contributed by atoms with Crippen molar-refractivity contribution >= 4 is 11.9 Å². The summed E-state index contributed by atoms with van der Waals surface area (Å²) in [6.45, 7) is 7.64. The first-order valence-corrected chi connectivity index (χ1v) is 30.8. The number of ether oxygens (including phenoxy) is 3. The SMILES string of the molecule is CC/C=C\C/C=C\C/C=C\C/C=C\CCCCCCC(=O)OC[C@H](COC(=O)CCCCCCCCCCCCC/C=C\CCCCCCCC)OCCCCCCCCCCCCCCCCCC. The second kappa shape index (κ2) is 60.9. The van der Waals surface area contributed by atoms with Crippen LogP contribution in [0.2, 0.25) is 0 Å². The van der Waals surface area contributed by atoms with E-state index >= 15 is 0 Å². The van der Waals surface area contributed by atoms with Crippen molar-refractivity contribution in [2.45, 2.75) is 322 Å². The standard InChI is InChI=1S/C65H118O5/c1-4-7-10-13-16-19-22-25-28-31-32-33-34-36-38-41-44-47-50-53-56-59-65(67)70-62-63(68-60-57-54-51-48-45-42-39-30-27-24-21-18-15-12-9-6-3)61-69-64(66)58-55-52-49-46-43-40-37-35-29-26-23-20-17-14-11-8-5-2/h8,11,17,20,25-26,28-29,37,40,63H,4-7,9-10,12-16,18-19,21-24,27,30-36,38-39,41-62H2,1-3H3/b11-8-,20-17-,28-25-,29-26-,40-37-/t63-/m1/s1. The predicted octanol–water partition coefficient (Wildman–Crippen LogP) is 21.2. The van der Waals surface area contributed by atoms with Crippen LogP contribution in [0.15, 0.2) is 60.8 Å². The Morgan fingerprint density at radius 3 is 0.929 bits per heavy atom. The Hall–Kier alpha value is -2.40. The van der Waals surface area contributed by atoms with E-state index in [9.17, 15) is 9.59 Å². The molecule has 5 nitrogen and oxygen atoms in total. The van der Waals surface area contributed by atoms with E-state index in [0.29, 0.717) is 19.4 Å². The quantitative estimate of drug-likeness (QED) is 0.0345. The maximum Gasteiger partial charge on any atom is 0.305 e. The van der Waals surface area contributed by atoms with Gasteiger partial charge < -0.3 is 14.2 Å². The summed E-state index contributed by atoms with van der Waals surface area (Å²) in [4.78, 5) is 25.4. The molecular weight excluding hydrogens is 861 g/mol. The van der Waals surface area contributed by atoms with Crippen LogP contribution in [-0.2, 0) is 23.8 Å². The van der Waals surface area contributed by atoms with Crippen molar-refractivity contribution in [1.82, 2.24) is 0 Å². The number of unbranched alkanes of at least 4 members (excludes halogenated alkanes) is 36. The molecule has 0 unspecified atom stereocenters. The predicted molar refractivity (Wildman–Crippen MR) is 307 cm³/mol. The van der Waals surface area contributed by atoms with E-state index in [1.807, 2.05) is 0 Å². The number of rotatable bonds is 57. The molecule has 70 heavy (non-hydrogen) atoms. The highest BCUT2D eigenvalue weighted by atomic mass is 16.6. The molecule has 0 N–H and O–H groups in total. The van der Waals surface area contributed by atoms with Gasteiger partial charge in [-0.25, -0.2) is 0 Å². The molecule has 408 valence electrons. The third kappa shape index (κ3) is 58.2. The molecule has 0 spiro atoms. The van der Waals surface area contributed by atoms with E-state index < -0.39 is 6.10 Å². The monoisotopic (exact) mass is 979 g/mol. The molecule has 5 heteroatoms. The summed E-state index contributed by atoms with van der Waals surface area (Å²) in [7, 11) is 0. The van der Waals surface area contributed by atoms with Crippen molar-refractivity contribution in [3.8, 4) is 0 Å². The van der Waals surface area contributed by atoms with Gasteiger partial charge in [-0.1, -0.05) is 281 Å². The van der Waals surface area contributed by atoms with E-state index in [4.69, 9.17) is 14.2 Å². The average Bonchev–Trinajstić information content (AvgIpc) is 3.36. The van der Waals surface area contributed by atoms with Crippen LogP contribution in [0.4, 0.5) is 0 Å². The topological polar surface area (TPSA) is 61.8 Å². The van der Waals surface area contributed by atoms with Crippen molar-refractivity contribution in [2.75, 3.05) is 19.8 Å². The van der Waals surface area contributed by atoms with Crippen LogP contribution < -0.4 is 0 Å². The van der Waals surface area contributed by atoms with Crippen LogP contribution in [0.5, 0.6) is 0 Å². The molecule has 0 radical (unpaired) electrons. The molecule has 0 bridgehead atoms. The first kappa shape index (κ1) is 67.6. The molecule has 0 heterocycles. The molecule has 0 aromatic carbocycles. The Balaban J connectivity index is 4.25. The van der Waals surface area contributed by atoms with Gasteiger partial charge in [-0.15, -0.1) is 0 Å². The van der Waals surface area contributed by atoms with Crippen LogP contribution in [0.1, 0.15) is 316 Å². The maximum atomic E-state index is 12.7. The van der Waals surface area contributed by atoms with E-state index in [-0.39, 0.29) is 25.2 Å². The molecule has 0 aliphatic rings. The van der Waals surface area contributed by atoms with Gasteiger partial charge in [0.25, 0.3) is 0 Å². The molecule has 0 aromatic rings. The lowest BCUT2D eigenvalue weighted by molar-refractivity contribution is -0.155. The first-order valence-electron chi connectivity index (χ1n) is 30.8. The summed E-state index contributed by atoms with van der Waals surface area (Å²) in [5.41, 5.74) is 0. The summed E-state index contributed by atoms with van der Waals surface area (Å²) >= 11 is 0. The Kier molecular flexibility index (Phi) is 58.8. The van der Waals surface area contributed by atoms with Gasteiger partial charge in [-0.3, -0.25) is 9.59 Å². The van der Waals surface area contributed by atoms with Crippen LogP contribution in [-0.4, -0.2) is 37.9 Å². The van der Waals surface area contributed by atoms with Gasteiger partial charge in [0.2, 0.25) is 0 Å². The van der Waals surface area contributed by atoms with Gasteiger partial charge in [-0.05, 0) is 83.5 Å². The van der Waals surface area contributed by atoms with E-state index in [1.165, 1.54) is 199 Å². The molecule has 0 aromatic heterocycles. The molecule has 0 rings (SSSR count). The fourth-order valence-corrected chi connectivity index (χ4v) is 8.94. The fraction of sp³-hybridized carbons (Fsp3) is 0.815. The summed E-state index contributed by atoms with van der Waals surface area (Å²) in [6, 6.07) is 0. The minimum atomic E-state index is -0.410. The lowest BCUT2D eigenvalue weighted by Gasteiger charge is -2.18. The highest BCUT2D eigenvalue weighted by Crippen LogP contribution is 2.16. The Morgan fingerprint density at radius 2 is 0.586 bits per heavy atom. The summed E-state index contributed by atoms with van der Waals surface area (Å²) in [5, 5.41) is 0. The van der Waals surface area contributed by atoms with Crippen molar-refractivity contribution in [1.29, 1.82) is 0 Å². The van der Waals surface area contributed by atoms with Crippen LogP contribution in [0, 0.1) is 0 Å². The highest BCUT2D eigenvalue weighted by Gasteiger charge is 2.16. The Morgan fingerprint density at radius 1 is 0.314 bits per heavy atom. The summed E-state index contributed by atoms with van der Waals surface area (Å²) in [6.07, 6.45) is 78.5. The first-order chi connectivity index (χ1) is 34.6. The van der Waals surface area contributed by atoms with Crippen molar-refractivity contribution in [3.05, 3.63) is 60.8 Å². The normalized spacial score (nSPS) is 12.6. The number of esters is 2. The molecule has 1 atom stereocenters. The van der Waals surface area contributed by atoms with Crippen LogP contribution in [0.25, 0.3) is 0 Å². The van der Waals surface area contributed by atoms with Gasteiger partial charge in [0, 0.05) is 19.4 Å². The maximum absolute atomic E-state index is 12.7.